The van der Waals surface area contributed by atoms with E-state index in [2.05, 4.69) is 10.6 Å². The molecule has 0 bridgehead atoms. The van der Waals surface area contributed by atoms with Gasteiger partial charge in [0, 0.05) is 60.5 Å². The Morgan fingerprint density at radius 2 is 1.35 bits per heavy atom. The molecular formula is C32H42N8O8S4. The molecule has 0 aliphatic carbocycles. The highest BCUT2D eigenvalue weighted by atomic mass is 33.1. The lowest BCUT2D eigenvalue weighted by molar-refractivity contribution is -0.385. The summed E-state index contributed by atoms with van der Waals surface area (Å²) in [5.41, 5.74) is 11.6. The van der Waals surface area contributed by atoms with E-state index in [0.717, 1.165) is 11.5 Å². The molecule has 4 amide bonds. The van der Waals surface area contributed by atoms with Crippen LogP contribution in [0.25, 0.3) is 0 Å². The van der Waals surface area contributed by atoms with E-state index in [1.54, 1.807) is 39.4 Å². The minimum Gasteiger partial charge on any atom is -0.352 e. The minimum absolute atomic E-state index is 0.0461. The number of nitrogens with zero attached hydrogens (tertiary/aromatic N) is 4. The van der Waals surface area contributed by atoms with Gasteiger partial charge in [-0.05, 0) is 55.9 Å². The van der Waals surface area contributed by atoms with Crippen LogP contribution in [0.5, 0.6) is 0 Å². The second kappa shape index (κ2) is 20.6. The highest BCUT2D eigenvalue weighted by molar-refractivity contribution is 8.76. The molecule has 2 aromatic rings. The van der Waals surface area contributed by atoms with E-state index in [4.69, 9.17) is 11.5 Å². The number of hydrogen-bond acceptors (Lipinski definition) is 14. The second-order valence-electron chi connectivity index (χ2n) is 12.0. The quantitative estimate of drug-likeness (QED) is 0.0686. The summed E-state index contributed by atoms with van der Waals surface area (Å²) in [6.45, 7) is 1.81. The molecule has 2 aliphatic heterocycles. The Morgan fingerprint density at radius 1 is 0.788 bits per heavy atom. The molecule has 16 nitrogen and oxygen atoms in total. The first-order valence-corrected chi connectivity index (χ1v) is 21.3. The summed E-state index contributed by atoms with van der Waals surface area (Å²) in [7, 11) is 2.84. The van der Waals surface area contributed by atoms with Crippen molar-refractivity contribution < 1.29 is 29.0 Å². The molecular weight excluding hydrogens is 753 g/mol. The molecule has 0 unspecified atom stereocenters. The van der Waals surface area contributed by atoms with Crippen LogP contribution in [0, 0.1) is 20.2 Å². The number of nitro groups is 2. The predicted molar refractivity (Wildman–Crippen MR) is 205 cm³/mol. The molecule has 2 saturated heterocycles. The number of unbranched alkanes of at least 4 members (excludes halogenated alkanes) is 2. The normalized spacial score (nSPS) is 15.3. The van der Waals surface area contributed by atoms with Crippen LogP contribution in [-0.2, 0) is 9.59 Å². The average Bonchev–Trinajstić information content (AvgIpc) is 3.88. The summed E-state index contributed by atoms with van der Waals surface area (Å²) in [4.78, 5) is 76.9. The number of benzene rings is 2. The topological polar surface area (TPSA) is 237 Å². The maximum absolute atomic E-state index is 12.9. The van der Waals surface area contributed by atoms with Gasteiger partial charge in [0.1, 0.15) is 17.2 Å². The predicted octanol–water partition coefficient (Wildman–Crippen LogP) is 3.75. The molecule has 0 radical (unpaired) electrons. The van der Waals surface area contributed by atoms with Gasteiger partial charge in [-0.25, -0.2) is 0 Å². The molecule has 2 aliphatic rings. The largest absolute Gasteiger partial charge is 0.352 e. The molecule has 0 spiro atoms. The van der Waals surface area contributed by atoms with Crippen molar-refractivity contribution in [2.24, 2.45) is 11.5 Å². The Morgan fingerprint density at radius 3 is 1.92 bits per heavy atom. The summed E-state index contributed by atoms with van der Waals surface area (Å²) < 4.78 is 0. The average molecular weight is 795 g/mol. The van der Waals surface area contributed by atoms with Gasteiger partial charge in [0.25, 0.3) is 23.2 Å². The fraction of sp³-hybridized carbons (Fsp3) is 0.500. The van der Waals surface area contributed by atoms with Gasteiger partial charge in [0.15, 0.2) is 0 Å². The first kappa shape index (κ1) is 41.2. The van der Waals surface area contributed by atoms with Crippen molar-refractivity contribution in [2.45, 2.75) is 49.1 Å². The van der Waals surface area contributed by atoms with Crippen LogP contribution in [-0.4, -0.2) is 105 Å². The van der Waals surface area contributed by atoms with Crippen molar-refractivity contribution in [2.75, 3.05) is 55.2 Å². The SMILES string of the molecule is N[C@H](C(=O)N1CCSC1)c1ccc([N+](=O)[O-])c(C(=O)NCCCCSSc2ccc([N+](=O)[O-])c(C(=O)NCCCC[C@H](N)C(=O)N3CCSC3)c2)c1. The van der Waals surface area contributed by atoms with Gasteiger partial charge in [0.2, 0.25) is 11.8 Å². The first-order valence-electron chi connectivity index (χ1n) is 16.6. The van der Waals surface area contributed by atoms with Gasteiger partial charge < -0.3 is 31.9 Å². The molecule has 282 valence electrons. The van der Waals surface area contributed by atoms with Crippen molar-refractivity contribution in [3.63, 3.8) is 0 Å². The van der Waals surface area contributed by atoms with Crippen LogP contribution < -0.4 is 22.1 Å². The maximum Gasteiger partial charge on any atom is 0.282 e. The highest BCUT2D eigenvalue weighted by Crippen LogP contribution is 2.34. The number of hydrogen-bond donors (Lipinski definition) is 4. The Labute approximate surface area is 317 Å². The van der Waals surface area contributed by atoms with Gasteiger partial charge in [-0.1, -0.05) is 27.7 Å². The lowest BCUT2D eigenvalue weighted by Crippen LogP contribution is -2.42. The van der Waals surface area contributed by atoms with E-state index in [1.807, 2.05) is 0 Å². The van der Waals surface area contributed by atoms with E-state index in [1.165, 1.54) is 51.9 Å². The van der Waals surface area contributed by atoms with E-state index in [9.17, 15) is 39.4 Å². The number of amides is 4. The van der Waals surface area contributed by atoms with Crippen LogP contribution in [0.2, 0.25) is 0 Å². The zero-order valence-electron chi connectivity index (χ0n) is 28.4. The zero-order valence-corrected chi connectivity index (χ0v) is 31.6. The number of nitro benzene ring substituents is 2. The summed E-state index contributed by atoms with van der Waals surface area (Å²) in [6, 6.07) is 6.63. The monoisotopic (exact) mass is 794 g/mol. The summed E-state index contributed by atoms with van der Waals surface area (Å²) in [5, 5.41) is 28.7. The third kappa shape index (κ3) is 11.7. The summed E-state index contributed by atoms with van der Waals surface area (Å²) in [5.74, 6) is 1.98. The molecule has 6 N–H and O–H groups in total. The fourth-order valence-electron chi connectivity index (χ4n) is 5.35. The van der Waals surface area contributed by atoms with Gasteiger partial charge in [0.05, 0.1) is 27.6 Å². The molecule has 4 rings (SSSR count). The van der Waals surface area contributed by atoms with Crippen LogP contribution in [0.4, 0.5) is 11.4 Å². The number of thioether (sulfide) groups is 2. The number of nitrogens with one attached hydrogen (secondary N) is 2. The molecule has 2 fully saturated rings. The number of carbonyl (C=O) groups excluding carboxylic acids is 4. The lowest BCUT2D eigenvalue weighted by Gasteiger charge is -2.20. The number of nitrogens with two attached hydrogens (primary N) is 2. The van der Waals surface area contributed by atoms with Crippen molar-refractivity contribution in [3.05, 3.63) is 73.3 Å². The van der Waals surface area contributed by atoms with Gasteiger partial charge in [-0.15, -0.1) is 23.5 Å². The Balaban J connectivity index is 1.19. The van der Waals surface area contributed by atoms with Crippen molar-refractivity contribution in [1.82, 2.24) is 20.4 Å². The molecule has 2 atom stereocenters. The first-order chi connectivity index (χ1) is 25.0. The van der Waals surface area contributed by atoms with E-state index < -0.39 is 33.7 Å². The minimum atomic E-state index is -1.04. The number of carbonyl (C=O) groups is 4. The molecule has 2 aromatic carbocycles. The smallest absolute Gasteiger partial charge is 0.282 e. The van der Waals surface area contributed by atoms with Gasteiger partial charge >= 0.3 is 0 Å². The lowest BCUT2D eigenvalue weighted by atomic mass is 10.0. The summed E-state index contributed by atoms with van der Waals surface area (Å²) >= 11 is 3.30. The molecule has 52 heavy (non-hydrogen) atoms. The van der Waals surface area contributed by atoms with E-state index in [0.29, 0.717) is 73.2 Å². The maximum atomic E-state index is 12.9. The van der Waals surface area contributed by atoms with Gasteiger partial charge in [-0.2, -0.15) is 0 Å². The van der Waals surface area contributed by atoms with E-state index >= 15 is 0 Å². The highest BCUT2D eigenvalue weighted by Gasteiger charge is 2.29. The third-order valence-corrected chi connectivity index (χ3v) is 12.6. The van der Waals surface area contributed by atoms with Crippen LogP contribution in [0.15, 0.2) is 41.3 Å². The van der Waals surface area contributed by atoms with Crippen molar-refractivity contribution in [3.8, 4) is 0 Å². The molecule has 0 aromatic heterocycles. The van der Waals surface area contributed by atoms with Crippen molar-refractivity contribution in [1.29, 1.82) is 0 Å². The summed E-state index contributed by atoms with van der Waals surface area (Å²) in [6.07, 6.45) is 2.92. The third-order valence-electron chi connectivity index (χ3n) is 8.26. The second-order valence-corrected chi connectivity index (χ2v) is 16.6. The van der Waals surface area contributed by atoms with Crippen LogP contribution >= 0.6 is 45.1 Å². The fourth-order valence-corrected chi connectivity index (χ4v) is 9.41. The Kier molecular flexibility index (Phi) is 16.3. The van der Waals surface area contributed by atoms with Crippen molar-refractivity contribution >= 4 is 80.1 Å². The Bertz CT molecular complexity index is 1620. The Hall–Kier alpha value is -3.56. The molecule has 20 heteroatoms. The van der Waals surface area contributed by atoms with Crippen LogP contribution in [0.1, 0.15) is 64.4 Å². The number of rotatable bonds is 19. The standard InChI is InChI=1S/C32H42N8O8S4/c33-25(31(43)37-12-15-49-19-37)5-1-2-10-35-30(42)24-18-22(7-9-27(24)40(47)48)52-51-14-4-3-11-36-29(41)23-17-21(6-8-26(23)39(45)46)28(34)32(44)38-13-16-50-20-38/h6-9,17-18,25,28H,1-5,10-16,19-20,33-34H2,(H,35,42)(H,36,41)/t25-,28-/m0/s1. The molecule has 2 heterocycles. The van der Waals surface area contributed by atoms with Gasteiger partial charge in [-0.3, -0.25) is 39.4 Å². The zero-order chi connectivity index (χ0) is 37.6. The van der Waals surface area contributed by atoms with Crippen LogP contribution in [0.3, 0.4) is 0 Å². The molecule has 0 saturated carbocycles. The van der Waals surface area contributed by atoms with E-state index in [-0.39, 0.29) is 47.4 Å².